The van der Waals surface area contributed by atoms with Crippen LogP contribution in [0.1, 0.15) is 34.1 Å². The zero-order valence-electron chi connectivity index (χ0n) is 15.4. The molecule has 26 heavy (non-hydrogen) atoms. The van der Waals surface area contributed by atoms with Crippen molar-refractivity contribution < 1.29 is 9.53 Å². The van der Waals surface area contributed by atoms with E-state index >= 15 is 0 Å². The Balaban J connectivity index is 1.81. The van der Waals surface area contributed by atoms with Gasteiger partial charge in [0.25, 0.3) is 11.5 Å². The van der Waals surface area contributed by atoms with E-state index < -0.39 is 0 Å². The number of rotatable bonds is 4. The third-order valence-electron chi connectivity index (χ3n) is 4.48. The number of aromatic nitrogens is 3. The number of nitrogens with one attached hydrogen (secondary N) is 1. The van der Waals surface area contributed by atoms with Gasteiger partial charge in [-0.1, -0.05) is 0 Å². The van der Waals surface area contributed by atoms with Gasteiger partial charge in [0.2, 0.25) is 5.95 Å². The molecule has 1 aliphatic heterocycles. The smallest absolute Gasteiger partial charge is 0.276 e. The number of carbonyl (C=O) groups excluding carboxylic acids is 1. The summed E-state index contributed by atoms with van der Waals surface area (Å²) in [7, 11) is 5.17. The first-order chi connectivity index (χ1) is 12.4. The van der Waals surface area contributed by atoms with Gasteiger partial charge in [0.05, 0.1) is 12.8 Å². The highest BCUT2D eigenvalue weighted by molar-refractivity contribution is 5.95. The van der Waals surface area contributed by atoms with Crippen LogP contribution in [0.25, 0.3) is 0 Å². The highest BCUT2D eigenvalue weighted by atomic mass is 16.5. The van der Waals surface area contributed by atoms with Crippen LogP contribution in [0.3, 0.4) is 0 Å². The van der Waals surface area contributed by atoms with E-state index in [1.54, 1.807) is 22.1 Å². The molecule has 0 bridgehead atoms. The lowest BCUT2D eigenvalue weighted by molar-refractivity contribution is 0.0781. The molecule has 1 unspecified atom stereocenters. The fourth-order valence-electron chi connectivity index (χ4n) is 3.08. The highest BCUT2D eigenvalue weighted by Crippen LogP contribution is 2.28. The lowest BCUT2D eigenvalue weighted by atomic mass is 10.1. The molecular weight excluding hydrogens is 334 g/mol. The van der Waals surface area contributed by atoms with Gasteiger partial charge in [-0.25, -0.2) is 9.97 Å². The lowest BCUT2D eigenvalue weighted by Crippen LogP contribution is -2.30. The number of pyridine rings is 1. The summed E-state index contributed by atoms with van der Waals surface area (Å²) in [6.07, 6.45) is 2.41. The Morgan fingerprint density at radius 1 is 1.38 bits per heavy atom. The average Bonchev–Trinajstić information content (AvgIpc) is 3.10. The second-order valence-corrected chi connectivity index (χ2v) is 6.69. The summed E-state index contributed by atoms with van der Waals surface area (Å²) in [4.78, 5) is 39.7. The molecule has 3 rings (SSSR count). The van der Waals surface area contributed by atoms with Crippen LogP contribution in [-0.4, -0.2) is 60.1 Å². The SMILES string of the molecule is COc1cc(C)cnc1C(=O)N1CCC(c2cc(=O)[nH]c(N(C)C)n2)C1. The summed E-state index contributed by atoms with van der Waals surface area (Å²) in [5.41, 5.74) is 1.76. The molecule has 2 aromatic rings. The molecule has 0 aliphatic carbocycles. The van der Waals surface area contributed by atoms with Gasteiger partial charge in [-0.05, 0) is 25.0 Å². The Hall–Kier alpha value is -2.90. The van der Waals surface area contributed by atoms with Crippen molar-refractivity contribution in [2.45, 2.75) is 19.3 Å². The summed E-state index contributed by atoms with van der Waals surface area (Å²) in [5, 5.41) is 0. The summed E-state index contributed by atoms with van der Waals surface area (Å²) < 4.78 is 5.30. The minimum absolute atomic E-state index is 0.0244. The fraction of sp³-hybridized carbons (Fsp3) is 0.444. The molecule has 1 N–H and O–H groups in total. The van der Waals surface area contributed by atoms with E-state index in [2.05, 4.69) is 15.0 Å². The lowest BCUT2D eigenvalue weighted by Gasteiger charge is -2.18. The third kappa shape index (κ3) is 3.54. The number of anilines is 1. The summed E-state index contributed by atoms with van der Waals surface area (Å²) >= 11 is 0. The molecule has 3 heterocycles. The van der Waals surface area contributed by atoms with Crippen molar-refractivity contribution in [1.29, 1.82) is 0 Å². The molecule has 0 saturated carbocycles. The van der Waals surface area contributed by atoms with Crippen LogP contribution in [0.4, 0.5) is 5.95 Å². The first kappa shape index (κ1) is 17.9. The number of carbonyl (C=O) groups is 1. The maximum Gasteiger partial charge on any atom is 0.276 e. The Morgan fingerprint density at radius 3 is 2.85 bits per heavy atom. The molecule has 1 aliphatic rings. The summed E-state index contributed by atoms with van der Waals surface area (Å²) in [5.74, 6) is 0.847. The van der Waals surface area contributed by atoms with Crippen LogP contribution in [0.2, 0.25) is 0 Å². The number of ether oxygens (including phenoxy) is 1. The largest absolute Gasteiger partial charge is 0.494 e. The molecule has 0 radical (unpaired) electrons. The quantitative estimate of drug-likeness (QED) is 0.883. The summed E-state index contributed by atoms with van der Waals surface area (Å²) in [6, 6.07) is 3.31. The molecule has 0 spiro atoms. The monoisotopic (exact) mass is 357 g/mol. The van der Waals surface area contributed by atoms with Gasteiger partial charge in [0.1, 0.15) is 5.75 Å². The van der Waals surface area contributed by atoms with Crippen LogP contribution >= 0.6 is 0 Å². The molecule has 1 fully saturated rings. The van der Waals surface area contributed by atoms with Crippen LogP contribution in [0, 0.1) is 6.92 Å². The number of nitrogens with zero attached hydrogens (tertiary/aromatic N) is 4. The van der Waals surface area contributed by atoms with Crippen molar-refractivity contribution in [2.24, 2.45) is 0 Å². The average molecular weight is 357 g/mol. The van der Waals surface area contributed by atoms with Gasteiger partial charge in [0, 0.05) is 45.4 Å². The van der Waals surface area contributed by atoms with Crippen LogP contribution in [0.15, 0.2) is 23.1 Å². The molecule has 1 amide bonds. The van der Waals surface area contributed by atoms with E-state index in [9.17, 15) is 9.59 Å². The molecule has 138 valence electrons. The topological polar surface area (TPSA) is 91.4 Å². The Bertz CT molecular complexity index is 877. The second-order valence-electron chi connectivity index (χ2n) is 6.69. The molecular formula is C18H23N5O3. The van der Waals surface area contributed by atoms with Crippen molar-refractivity contribution in [1.82, 2.24) is 19.9 Å². The molecule has 8 heteroatoms. The van der Waals surface area contributed by atoms with Crippen LogP contribution < -0.4 is 15.2 Å². The van der Waals surface area contributed by atoms with Crippen LogP contribution in [-0.2, 0) is 0 Å². The number of methoxy groups -OCH3 is 1. The van der Waals surface area contributed by atoms with Crippen molar-refractivity contribution in [3.05, 3.63) is 45.6 Å². The number of hydrogen-bond acceptors (Lipinski definition) is 6. The Morgan fingerprint density at radius 2 is 2.15 bits per heavy atom. The first-order valence-corrected chi connectivity index (χ1v) is 8.47. The van der Waals surface area contributed by atoms with Crippen molar-refractivity contribution in [2.75, 3.05) is 39.2 Å². The molecule has 1 atom stereocenters. The number of aryl methyl sites for hydroxylation is 1. The molecule has 0 aromatic carbocycles. The predicted molar refractivity (Wildman–Crippen MR) is 98.0 cm³/mol. The minimum atomic E-state index is -0.189. The van der Waals surface area contributed by atoms with E-state index in [1.807, 2.05) is 21.0 Å². The minimum Gasteiger partial charge on any atom is -0.494 e. The van der Waals surface area contributed by atoms with E-state index in [4.69, 9.17) is 4.74 Å². The second kappa shape index (κ2) is 7.15. The van der Waals surface area contributed by atoms with E-state index in [-0.39, 0.29) is 17.4 Å². The summed E-state index contributed by atoms with van der Waals surface area (Å²) in [6.45, 7) is 2.99. The normalized spacial score (nSPS) is 16.6. The Kier molecular flexibility index (Phi) is 4.92. The van der Waals surface area contributed by atoms with E-state index in [1.165, 1.54) is 13.2 Å². The first-order valence-electron chi connectivity index (χ1n) is 8.47. The van der Waals surface area contributed by atoms with Crippen molar-refractivity contribution in [3.8, 4) is 5.75 Å². The van der Waals surface area contributed by atoms with Gasteiger partial charge in [-0.3, -0.25) is 14.6 Å². The molecule has 1 saturated heterocycles. The number of hydrogen-bond donors (Lipinski definition) is 1. The number of aromatic amines is 1. The maximum absolute atomic E-state index is 12.8. The van der Waals surface area contributed by atoms with Gasteiger partial charge < -0.3 is 14.5 Å². The standard InChI is InChI=1S/C18H23N5O3/c1-11-7-14(26-4)16(19-9-11)17(25)23-6-5-12(10-23)13-8-15(24)21-18(20-13)22(2)3/h7-9,12H,5-6,10H2,1-4H3,(H,20,21,24). The fourth-order valence-corrected chi connectivity index (χ4v) is 3.08. The van der Waals surface area contributed by atoms with Crippen molar-refractivity contribution >= 4 is 11.9 Å². The predicted octanol–water partition coefficient (Wildman–Crippen LogP) is 1.18. The van der Waals surface area contributed by atoms with E-state index in [0.717, 1.165) is 12.0 Å². The van der Waals surface area contributed by atoms with E-state index in [0.29, 0.717) is 36.2 Å². The van der Waals surface area contributed by atoms with Gasteiger partial charge in [0.15, 0.2) is 5.69 Å². The van der Waals surface area contributed by atoms with Gasteiger partial charge in [-0.2, -0.15) is 0 Å². The Labute approximate surface area is 151 Å². The third-order valence-corrected chi connectivity index (χ3v) is 4.48. The van der Waals surface area contributed by atoms with Gasteiger partial charge in [-0.15, -0.1) is 0 Å². The maximum atomic E-state index is 12.8. The van der Waals surface area contributed by atoms with Crippen LogP contribution in [0.5, 0.6) is 5.75 Å². The zero-order valence-corrected chi connectivity index (χ0v) is 15.4. The highest BCUT2D eigenvalue weighted by Gasteiger charge is 2.31. The molecule has 8 nitrogen and oxygen atoms in total. The van der Waals surface area contributed by atoms with Crippen molar-refractivity contribution in [3.63, 3.8) is 0 Å². The van der Waals surface area contributed by atoms with Gasteiger partial charge >= 0.3 is 0 Å². The number of likely N-dealkylation sites (tertiary alicyclic amines) is 1. The molecule has 2 aromatic heterocycles. The number of amides is 1. The zero-order chi connectivity index (χ0) is 18.8. The number of H-pyrrole nitrogens is 1.